The van der Waals surface area contributed by atoms with Crippen molar-refractivity contribution in [2.75, 3.05) is 11.5 Å². The van der Waals surface area contributed by atoms with Crippen LogP contribution in [0.1, 0.15) is 18.9 Å². The number of nitrogens with zero attached hydrogens (tertiary/aromatic N) is 2. The highest BCUT2D eigenvalue weighted by molar-refractivity contribution is 7.75. The van der Waals surface area contributed by atoms with Gasteiger partial charge in [0.2, 0.25) is 11.8 Å². The Morgan fingerprint density at radius 1 is 1.14 bits per heavy atom. The summed E-state index contributed by atoms with van der Waals surface area (Å²) in [6.45, 7) is 2.15. The first-order valence-corrected chi connectivity index (χ1v) is 9.79. The Balaban J connectivity index is 1.64. The Morgan fingerprint density at radius 3 is 2.59 bits per heavy atom. The van der Waals surface area contributed by atoms with Crippen LogP contribution < -0.4 is 4.90 Å². The van der Waals surface area contributed by atoms with Gasteiger partial charge in [-0.15, -0.1) is 0 Å². The van der Waals surface area contributed by atoms with Gasteiger partial charge in [0.1, 0.15) is 5.60 Å². The summed E-state index contributed by atoms with van der Waals surface area (Å²) in [5.41, 5.74) is -0.687. The SMILES string of the molecule is CC12C=CC(CCOS)(O1)[C@H]1C(=O)N(c3ccc(C#N)c4ccccc34)C(=O)[C@H]12. The van der Waals surface area contributed by atoms with Gasteiger partial charge in [-0.1, -0.05) is 36.4 Å². The predicted molar refractivity (Wildman–Crippen MR) is 109 cm³/mol. The minimum atomic E-state index is -0.869. The van der Waals surface area contributed by atoms with Crippen LogP contribution in [0, 0.1) is 23.2 Å². The molecule has 2 aromatic rings. The van der Waals surface area contributed by atoms with E-state index in [4.69, 9.17) is 8.92 Å². The Hall–Kier alpha value is -2.66. The average molecular weight is 406 g/mol. The maximum atomic E-state index is 13.6. The number of benzene rings is 2. The fraction of sp³-hybridized carbons (Fsp3) is 0.318. The highest BCUT2D eigenvalue weighted by Crippen LogP contribution is 2.59. The van der Waals surface area contributed by atoms with Crippen LogP contribution in [0.4, 0.5) is 5.69 Å². The summed E-state index contributed by atoms with van der Waals surface area (Å²) in [6.07, 6.45) is 4.22. The third kappa shape index (κ3) is 2.31. The minimum Gasteiger partial charge on any atom is -0.359 e. The number of thiol groups is 1. The van der Waals surface area contributed by atoms with E-state index < -0.39 is 23.0 Å². The lowest BCUT2D eigenvalue weighted by Gasteiger charge is -2.29. The second-order valence-corrected chi connectivity index (χ2v) is 8.17. The van der Waals surface area contributed by atoms with Crippen LogP contribution >= 0.6 is 12.9 Å². The van der Waals surface area contributed by atoms with Crippen molar-refractivity contribution in [1.82, 2.24) is 0 Å². The molecule has 7 heteroatoms. The van der Waals surface area contributed by atoms with Gasteiger partial charge in [0.15, 0.2) is 0 Å². The zero-order valence-electron chi connectivity index (χ0n) is 15.7. The van der Waals surface area contributed by atoms with Crippen molar-refractivity contribution in [1.29, 1.82) is 5.26 Å². The van der Waals surface area contributed by atoms with E-state index in [1.807, 2.05) is 43.3 Å². The summed E-state index contributed by atoms with van der Waals surface area (Å²) in [6, 6.07) is 12.8. The largest absolute Gasteiger partial charge is 0.359 e. The number of anilines is 1. The molecule has 146 valence electrons. The van der Waals surface area contributed by atoms with Gasteiger partial charge in [0.05, 0.1) is 41.4 Å². The lowest BCUT2D eigenvalue weighted by Crippen LogP contribution is -2.41. The lowest BCUT2D eigenvalue weighted by molar-refractivity contribution is -0.129. The second-order valence-electron chi connectivity index (χ2n) is 7.91. The molecule has 0 N–H and O–H groups in total. The van der Waals surface area contributed by atoms with E-state index in [1.165, 1.54) is 4.90 Å². The molecule has 2 amide bonds. The topological polar surface area (TPSA) is 79.6 Å². The first kappa shape index (κ1) is 18.4. The van der Waals surface area contributed by atoms with E-state index >= 15 is 0 Å². The molecule has 6 nitrogen and oxygen atoms in total. The number of rotatable bonds is 4. The molecule has 0 radical (unpaired) electrons. The smallest absolute Gasteiger partial charge is 0.241 e. The molecule has 0 spiro atoms. The van der Waals surface area contributed by atoms with Crippen molar-refractivity contribution in [3.8, 4) is 6.07 Å². The first-order valence-electron chi connectivity index (χ1n) is 9.42. The number of carbonyl (C=O) groups is 2. The summed E-state index contributed by atoms with van der Waals surface area (Å²) in [4.78, 5) is 28.3. The van der Waals surface area contributed by atoms with E-state index in [-0.39, 0.29) is 11.8 Å². The van der Waals surface area contributed by atoms with Gasteiger partial charge in [-0.2, -0.15) is 5.26 Å². The molecule has 2 aromatic carbocycles. The van der Waals surface area contributed by atoms with Crippen LogP contribution in [0.25, 0.3) is 10.8 Å². The molecule has 4 atom stereocenters. The molecule has 2 fully saturated rings. The third-order valence-electron chi connectivity index (χ3n) is 6.40. The predicted octanol–water partition coefficient (Wildman–Crippen LogP) is 3.17. The number of nitriles is 1. The molecule has 2 unspecified atom stereocenters. The van der Waals surface area contributed by atoms with Crippen LogP contribution in [0.15, 0.2) is 48.6 Å². The molecule has 0 aromatic heterocycles. The number of ether oxygens (including phenoxy) is 1. The van der Waals surface area contributed by atoms with Gasteiger partial charge in [-0.3, -0.25) is 9.59 Å². The normalized spacial score (nSPS) is 32.2. The second kappa shape index (κ2) is 6.17. The van der Waals surface area contributed by atoms with E-state index in [0.29, 0.717) is 35.1 Å². The first-order chi connectivity index (χ1) is 14.0. The summed E-state index contributed by atoms with van der Waals surface area (Å²) >= 11 is 3.81. The van der Waals surface area contributed by atoms with Crippen LogP contribution in [0.3, 0.4) is 0 Å². The van der Waals surface area contributed by atoms with Gasteiger partial charge in [-0.25, -0.2) is 4.90 Å². The summed E-state index contributed by atoms with van der Waals surface area (Å²) in [7, 11) is 0. The third-order valence-corrected chi connectivity index (χ3v) is 6.59. The number of fused-ring (bicyclic) bond motifs is 6. The maximum Gasteiger partial charge on any atom is 0.241 e. The van der Waals surface area contributed by atoms with Gasteiger partial charge in [0.25, 0.3) is 0 Å². The van der Waals surface area contributed by atoms with Crippen molar-refractivity contribution in [2.24, 2.45) is 11.8 Å². The molecule has 3 heterocycles. The van der Waals surface area contributed by atoms with Gasteiger partial charge in [-0.05, 0) is 32.0 Å². The Morgan fingerprint density at radius 2 is 1.86 bits per heavy atom. The van der Waals surface area contributed by atoms with Crippen LogP contribution in [0.2, 0.25) is 0 Å². The zero-order valence-corrected chi connectivity index (χ0v) is 16.6. The molecular weight excluding hydrogens is 388 g/mol. The monoisotopic (exact) mass is 406 g/mol. The van der Waals surface area contributed by atoms with E-state index in [1.54, 1.807) is 12.1 Å². The number of carbonyl (C=O) groups excluding carboxylic acids is 2. The molecule has 2 saturated heterocycles. The fourth-order valence-corrected chi connectivity index (χ4v) is 5.26. The highest BCUT2D eigenvalue weighted by atomic mass is 32.1. The Labute approximate surface area is 173 Å². The minimum absolute atomic E-state index is 0.268. The standard InChI is InChI=1S/C22H18N2O4S/c1-21-8-9-22(28-21,10-11-27-29)18-17(21)19(25)24(20(18)26)16-7-6-13(12-23)14-4-2-3-5-15(14)16/h2-9,17-18,29H,10-11H2,1H3/t17-,18+,21?,22?/m0/s1. The fourth-order valence-electron chi connectivity index (χ4n) is 5.17. The summed E-state index contributed by atoms with van der Waals surface area (Å²) in [5, 5.41) is 10.8. The van der Waals surface area contributed by atoms with Crippen molar-refractivity contribution in [2.45, 2.75) is 24.5 Å². The van der Waals surface area contributed by atoms with Crippen molar-refractivity contribution in [3.05, 3.63) is 54.1 Å². The number of hydrogen-bond acceptors (Lipinski definition) is 6. The average Bonchev–Trinajstić information content (AvgIpc) is 3.31. The van der Waals surface area contributed by atoms with Crippen molar-refractivity contribution in [3.63, 3.8) is 0 Å². The molecule has 3 aliphatic heterocycles. The Kier molecular flexibility index (Phi) is 3.91. The van der Waals surface area contributed by atoms with Crippen molar-refractivity contribution < 1.29 is 18.5 Å². The van der Waals surface area contributed by atoms with Gasteiger partial charge >= 0.3 is 0 Å². The lowest BCUT2D eigenvalue weighted by atomic mass is 9.71. The molecule has 5 rings (SSSR count). The molecule has 0 saturated carbocycles. The van der Waals surface area contributed by atoms with Gasteiger partial charge < -0.3 is 8.92 Å². The molecule has 2 bridgehead atoms. The van der Waals surface area contributed by atoms with E-state index in [9.17, 15) is 14.9 Å². The number of hydrogen-bond donors (Lipinski definition) is 1. The summed E-state index contributed by atoms with van der Waals surface area (Å²) in [5.74, 6) is -1.74. The molecular formula is C22H18N2O4S. The zero-order chi connectivity index (χ0) is 20.4. The van der Waals surface area contributed by atoms with Crippen molar-refractivity contribution >= 4 is 41.2 Å². The number of imide groups is 1. The quantitative estimate of drug-likeness (QED) is 0.365. The number of amides is 2. The van der Waals surface area contributed by atoms with E-state index in [0.717, 1.165) is 0 Å². The summed E-state index contributed by atoms with van der Waals surface area (Å²) < 4.78 is 11.2. The molecule has 0 aliphatic carbocycles. The molecule has 29 heavy (non-hydrogen) atoms. The Bertz CT molecular complexity index is 1140. The highest BCUT2D eigenvalue weighted by Gasteiger charge is 2.71. The van der Waals surface area contributed by atoms with E-state index in [2.05, 4.69) is 19.0 Å². The molecule has 3 aliphatic rings. The van der Waals surface area contributed by atoms with Crippen LogP contribution in [0.5, 0.6) is 0 Å². The van der Waals surface area contributed by atoms with Gasteiger partial charge in [0, 0.05) is 17.2 Å². The van der Waals surface area contributed by atoms with Crippen LogP contribution in [-0.4, -0.2) is 29.6 Å². The van der Waals surface area contributed by atoms with Crippen LogP contribution in [-0.2, 0) is 18.5 Å². The maximum absolute atomic E-state index is 13.6.